The van der Waals surface area contributed by atoms with Crippen LogP contribution in [-0.2, 0) is 18.4 Å². The van der Waals surface area contributed by atoms with Gasteiger partial charge in [-0.05, 0) is 64.3 Å². The summed E-state index contributed by atoms with van der Waals surface area (Å²) >= 11 is 0. The summed E-state index contributed by atoms with van der Waals surface area (Å²) in [5.74, 6) is 0. The quantitative estimate of drug-likeness (QED) is 0.0380. The molecule has 290 valence electrons. The molecule has 48 heavy (non-hydrogen) atoms. The van der Waals surface area contributed by atoms with Crippen molar-refractivity contribution >= 4 is 15.2 Å². The molecule has 2 unspecified atom stereocenters. The molecule has 0 aromatic rings. The van der Waals surface area contributed by atoms with E-state index >= 15 is 0 Å². The van der Waals surface area contributed by atoms with Gasteiger partial charge in [0.15, 0.2) is 0 Å². The third-order valence-electron chi connectivity index (χ3n) is 9.94. The molecule has 0 aromatic heterocycles. The first kappa shape index (κ1) is 48.1. The molecule has 5 N–H and O–H groups in total. The maximum absolute atomic E-state index is 14.6. The van der Waals surface area contributed by atoms with Gasteiger partial charge >= 0.3 is 15.2 Å². The lowest BCUT2D eigenvalue weighted by Gasteiger charge is -2.47. The Hall–Kier alpha value is 0.140. The van der Waals surface area contributed by atoms with Gasteiger partial charge < -0.3 is 20.6 Å². The van der Waals surface area contributed by atoms with Gasteiger partial charge in [-0.15, -0.1) is 0 Å². The Kier molecular flexibility index (Phi) is 25.2. The van der Waals surface area contributed by atoms with Crippen LogP contribution in [0.2, 0.25) is 0 Å². The molecule has 0 rings (SSSR count). The van der Waals surface area contributed by atoms with Crippen LogP contribution < -0.4 is 5.73 Å². The zero-order valence-electron chi connectivity index (χ0n) is 32.5. The number of hydrogen-bond acceptors (Lipinski definition) is 8. The van der Waals surface area contributed by atoms with Crippen molar-refractivity contribution in [3.63, 3.8) is 0 Å². The summed E-state index contributed by atoms with van der Waals surface area (Å²) in [4.78, 5) is 23.8. The topological polar surface area (TPSA) is 146 Å². The predicted octanol–water partition coefficient (Wildman–Crippen LogP) is 10.6. The van der Waals surface area contributed by atoms with Crippen molar-refractivity contribution < 1.29 is 33.3 Å². The van der Waals surface area contributed by atoms with Crippen LogP contribution in [-0.4, -0.2) is 60.8 Å². The molecular formula is C36H79N3O7P2. The molecule has 0 heterocycles. The Balaban J connectivity index is 7.24. The van der Waals surface area contributed by atoms with Crippen LogP contribution in [0.4, 0.5) is 0 Å². The molecule has 0 radical (unpaired) electrons. The Morgan fingerprint density at radius 3 is 1.06 bits per heavy atom. The van der Waals surface area contributed by atoms with Gasteiger partial charge in [-0.25, -0.2) is 9.25 Å². The average Bonchev–Trinajstić information content (AvgIpc) is 3.06. The number of hydroxylamine groups is 4. The molecule has 0 amide bonds. The van der Waals surface area contributed by atoms with Crippen LogP contribution >= 0.6 is 15.2 Å². The van der Waals surface area contributed by atoms with Gasteiger partial charge in [0.25, 0.3) is 5.08 Å². The van der Waals surface area contributed by atoms with E-state index in [0.717, 1.165) is 116 Å². The third kappa shape index (κ3) is 14.3. The van der Waals surface area contributed by atoms with Crippen LogP contribution in [0.5, 0.6) is 0 Å². The lowest BCUT2D eigenvalue weighted by molar-refractivity contribution is -0.177. The van der Waals surface area contributed by atoms with Gasteiger partial charge in [0.1, 0.15) is 0 Å². The van der Waals surface area contributed by atoms with Gasteiger partial charge in [-0.3, -0.25) is 9.13 Å². The second kappa shape index (κ2) is 25.2. The number of nitrogens with zero attached hydrogens (tertiary/aromatic N) is 2. The Morgan fingerprint density at radius 2 is 0.812 bits per heavy atom. The molecule has 0 fully saturated rings. The number of rotatable bonds is 33. The van der Waals surface area contributed by atoms with Crippen molar-refractivity contribution in [1.29, 1.82) is 0 Å². The highest BCUT2D eigenvalue weighted by Gasteiger charge is 2.64. The minimum atomic E-state index is -5.28. The number of aliphatic hydroxyl groups is 1. The number of hydrogen-bond donors (Lipinski definition) is 4. The fourth-order valence-corrected chi connectivity index (χ4v) is 10.6. The van der Waals surface area contributed by atoms with Crippen LogP contribution in [0.3, 0.4) is 0 Å². The van der Waals surface area contributed by atoms with Crippen LogP contribution in [0.1, 0.15) is 197 Å². The van der Waals surface area contributed by atoms with Crippen LogP contribution in [0.25, 0.3) is 0 Å². The second-order valence-corrected chi connectivity index (χ2v) is 18.4. The highest BCUT2D eigenvalue weighted by atomic mass is 31.2. The van der Waals surface area contributed by atoms with Crippen LogP contribution in [0, 0.1) is 0 Å². The van der Waals surface area contributed by atoms with E-state index in [1.807, 2.05) is 13.8 Å². The summed E-state index contributed by atoms with van der Waals surface area (Å²) in [6.07, 6.45) is 16.3. The molecule has 0 aliphatic rings. The molecule has 0 aromatic carbocycles. The first-order chi connectivity index (χ1) is 22.8. The minimum Gasteiger partial charge on any atom is -0.367 e. The smallest absolute Gasteiger partial charge is 0.367 e. The van der Waals surface area contributed by atoms with Crippen molar-refractivity contribution in [2.24, 2.45) is 5.73 Å². The van der Waals surface area contributed by atoms with E-state index in [1.165, 1.54) is 0 Å². The highest BCUT2D eigenvalue weighted by molar-refractivity contribution is 7.72. The zero-order valence-corrected chi connectivity index (χ0v) is 34.3. The van der Waals surface area contributed by atoms with E-state index in [9.17, 15) is 24.0 Å². The number of nitrogens with two attached hydrogens (primary N) is 1. The van der Waals surface area contributed by atoms with E-state index < -0.39 is 37.8 Å². The van der Waals surface area contributed by atoms with Crippen molar-refractivity contribution in [3.8, 4) is 0 Å². The molecule has 0 saturated carbocycles. The fourth-order valence-electron chi connectivity index (χ4n) is 6.96. The predicted molar refractivity (Wildman–Crippen MR) is 202 cm³/mol. The first-order valence-electron chi connectivity index (χ1n) is 19.8. The van der Waals surface area contributed by atoms with E-state index in [0.29, 0.717) is 25.9 Å². The van der Waals surface area contributed by atoms with E-state index in [-0.39, 0.29) is 13.0 Å². The molecule has 0 aliphatic carbocycles. The SMILES string of the molecule is CCCCN(OP(=O)(O)C(O)(CCCN)P(=O)(O)ON(CCCC)C(CCC)(CCCC)CCCC)C(CCC)(CCCC)CCCC. The zero-order chi connectivity index (χ0) is 36.7. The molecule has 0 spiro atoms. The average molecular weight is 728 g/mol. The maximum Gasteiger partial charge on any atom is 0.388 e. The van der Waals surface area contributed by atoms with E-state index in [1.54, 1.807) is 10.1 Å². The first-order valence-corrected chi connectivity index (χ1v) is 22.9. The van der Waals surface area contributed by atoms with E-state index in [4.69, 9.17) is 15.0 Å². The summed E-state index contributed by atoms with van der Waals surface area (Å²) in [6.45, 7) is 17.6. The summed E-state index contributed by atoms with van der Waals surface area (Å²) in [5.41, 5.74) is 4.74. The van der Waals surface area contributed by atoms with Gasteiger partial charge in [0, 0.05) is 30.6 Å². The van der Waals surface area contributed by atoms with Crippen molar-refractivity contribution in [2.75, 3.05) is 19.6 Å². The van der Waals surface area contributed by atoms with Crippen molar-refractivity contribution in [1.82, 2.24) is 10.1 Å². The summed E-state index contributed by atoms with van der Waals surface area (Å²) in [6, 6.07) is 0. The largest absolute Gasteiger partial charge is 0.388 e. The highest BCUT2D eigenvalue weighted by Crippen LogP contribution is 2.75. The normalized spacial score (nSPS) is 16.7. The molecule has 0 aliphatic heterocycles. The molecule has 12 heteroatoms. The Bertz CT molecular complexity index is 831. The number of unbranched alkanes of at least 4 members (excludes halogenated alkanes) is 6. The second-order valence-electron chi connectivity index (χ2n) is 14.1. The van der Waals surface area contributed by atoms with Crippen molar-refractivity contribution in [2.45, 2.75) is 213 Å². The molecule has 10 nitrogen and oxygen atoms in total. The lowest BCUT2D eigenvalue weighted by Crippen LogP contribution is -2.51. The molecule has 2 atom stereocenters. The Morgan fingerprint density at radius 1 is 0.500 bits per heavy atom. The summed E-state index contributed by atoms with van der Waals surface area (Å²) in [5, 5.41) is 12.4. The Labute approximate surface area is 296 Å². The van der Waals surface area contributed by atoms with Crippen LogP contribution in [0.15, 0.2) is 0 Å². The summed E-state index contributed by atoms with van der Waals surface area (Å²) < 4.78 is 41.6. The van der Waals surface area contributed by atoms with E-state index in [2.05, 4.69) is 41.5 Å². The lowest BCUT2D eigenvalue weighted by atomic mass is 9.82. The third-order valence-corrected chi connectivity index (χ3v) is 14.6. The van der Waals surface area contributed by atoms with Gasteiger partial charge in [-0.2, -0.15) is 10.1 Å². The molecule has 0 saturated heterocycles. The van der Waals surface area contributed by atoms with Gasteiger partial charge in [0.05, 0.1) is 0 Å². The van der Waals surface area contributed by atoms with Gasteiger partial charge in [-0.1, -0.05) is 132 Å². The summed E-state index contributed by atoms with van der Waals surface area (Å²) in [7, 11) is -10.6. The maximum atomic E-state index is 14.6. The molecule has 0 bridgehead atoms. The fraction of sp³-hybridized carbons (Fsp3) is 1.00. The molecular weight excluding hydrogens is 648 g/mol. The standard InChI is InChI=1S/C36H79N3O7P2/c1-9-17-26-34(24-15-7,27-18-10-2)38(32-21-13-5)45-47(41,42)36(40,30-23-31-37)48(43,44)46-39(33-22-14-6)35(25-16-8,28-19-11-3)29-20-12-4/h40H,9-33,37H2,1-8H3,(H,41,42)(H,43,44). The van der Waals surface area contributed by atoms with Gasteiger partial charge in [0.2, 0.25) is 0 Å². The monoisotopic (exact) mass is 728 g/mol. The van der Waals surface area contributed by atoms with Crippen molar-refractivity contribution in [3.05, 3.63) is 0 Å². The minimum absolute atomic E-state index is 0.0415.